The summed E-state index contributed by atoms with van der Waals surface area (Å²) >= 11 is 1.57. The Labute approximate surface area is 138 Å². The Morgan fingerprint density at radius 3 is 2.74 bits per heavy atom. The van der Waals surface area contributed by atoms with Gasteiger partial charge in [-0.3, -0.25) is 4.79 Å². The highest BCUT2D eigenvalue weighted by atomic mass is 32.2. The molecule has 0 bridgehead atoms. The summed E-state index contributed by atoms with van der Waals surface area (Å²) in [5.74, 6) is -1.07. The van der Waals surface area contributed by atoms with E-state index in [1.807, 2.05) is 30.5 Å². The summed E-state index contributed by atoms with van der Waals surface area (Å²) in [5.41, 5.74) is 1.24. The topological polar surface area (TPSA) is 79.2 Å². The Morgan fingerprint density at radius 1 is 1.22 bits per heavy atom. The number of nitrogens with zero attached hydrogens (tertiary/aromatic N) is 1. The van der Waals surface area contributed by atoms with Gasteiger partial charge >= 0.3 is 5.97 Å². The molecule has 0 atom stereocenters. The van der Waals surface area contributed by atoms with Crippen molar-refractivity contribution in [3.63, 3.8) is 0 Å². The molecule has 0 saturated carbocycles. The second kappa shape index (κ2) is 8.01. The van der Waals surface area contributed by atoms with E-state index < -0.39 is 11.9 Å². The van der Waals surface area contributed by atoms with Crippen LogP contribution in [0.4, 0.5) is 5.69 Å². The number of thioether (sulfide) groups is 1. The second-order valence-electron chi connectivity index (χ2n) is 4.55. The van der Waals surface area contributed by atoms with E-state index in [-0.39, 0.29) is 12.2 Å². The van der Waals surface area contributed by atoms with E-state index in [0.29, 0.717) is 11.3 Å². The molecule has 2 rings (SSSR count). The number of nitriles is 1. The maximum Gasteiger partial charge on any atom is 0.338 e. The van der Waals surface area contributed by atoms with Crippen LogP contribution < -0.4 is 5.32 Å². The van der Waals surface area contributed by atoms with Gasteiger partial charge in [0.2, 0.25) is 0 Å². The van der Waals surface area contributed by atoms with Crippen LogP contribution in [0.5, 0.6) is 0 Å². The average Bonchev–Trinajstić information content (AvgIpc) is 2.59. The summed E-state index contributed by atoms with van der Waals surface area (Å²) in [6, 6.07) is 15.4. The lowest BCUT2D eigenvalue weighted by Gasteiger charge is -2.07. The van der Waals surface area contributed by atoms with Crippen molar-refractivity contribution < 1.29 is 14.3 Å². The summed E-state index contributed by atoms with van der Waals surface area (Å²) in [6.07, 6.45) is 1.94. The molecule has 0 aliphatic heterocycles. The molecule has 0 fully saturated rings. The van der Waals surface area contributed by atoms with E-state index in [2.05, 4.69) is 5.32 Å². The lowest BCUT2D eigenvalue weighted by molar-refractivity contribution is -0.119. The van der Waals surface area contributed by atoms with Crippen LogP contribution in [0.3, 0.4) is 0 Å². The zero-order valence-corrected chi connectivity index (χ0v) is 13.2. The van der Waals surface area contributed by atoms with Crippen molar-refractivity contribution in [1.82, 2.24) is 0 Å². The van der Waals surface area contributed by atoms with Crippen molar-refractivity contribution in [1.29, 1.82) is 5.26 Å². The summed E-state index contributed by atoms with van der Waals surface area (Å²) in [6.45, 7) is -0.390. The highest BCUT2D eigenvalue weighted by Gasteiger charge is 2.11. The minimum Gasteiger partial charge on any atom is -0.452 e. The Morgan fingerprint density at radius 2 is 2.00 bits per heavy atom. The van der Waals surface area contributed by atoms with Gasteiger partial charge in [-0.2, -0.15) is 5.26 Å². The number of carbonyl (C=O) groups excluding carboxylic acids is 2. The maximum atomic E-state index is 11.9. The highest BCUT2D eigenvalue weighted by Crippen LogP contribution is 2.18. The zero-order chi connectivity index (χ0) is 16.7. The Bertz CT molecular complexity index is 768. The molecule has 0 aliphatic rings. The van der Waals surface area contributed by atoms with Crippen molar-refractivity contribution in [3.8, 4) is 6.07 Å². The van der Waals surface area contributed by atoms with Crippen molar-refractivity contribution in [3.05, 3.63) is 59.7 Å². The van der Waals surface area contributed by atoms with E-state index >= 15 is 0 Å². The molecule has 1 amide bonds. The number of anilines is 1. The van der Waals surface area contributed by atoms with E-state index in [1.165, 1.54) is 12.1 Å². The Kier molecular flexibility index (Phi) is 5.78. The number of nitrogens with one attached hydrogen (secondary N) is 1. The number of hydrogen-bond acceptors (Lipinski definition) is 5. The average molecular weight is 326 g/mol. The lowest BCUT2D eigenvalue weighted by Crippen LogP contribution is -2.21. The fourth-order valence-corrected chi connectivity index (χ4v) is 2.29. The van der Waals surface area contributed by atoms with Gasteiger partial charge in [0, 0.05) is 10.6 Å². The van der Waals surface area contributed by atoms with Crippen LogP contribution in [0.25, 0.3) is 0 Å². The summed E-state index contributed by atoms with van der Waals surface area (Å²) in [4.78, 5) is 24.7. The van der Waals surface area contributed by atoms with Crippen molar-refractivity contribution in [2.75, 3.05) is 18.2 Å². The van der Waals surface area contributed by atoms with Crippen LogP contribution in [0.2, 0.25) is 0 Å². The van der Waals surface area contributed by atoms with Crippen molar-refractivity contribution in [2.24, 2.45) is 0 Å². The third-order valence-corrected chi connectivity index (χ3v) is 3.64. The highest BCUT2D eigenvalue weighted by molar-refractivity contribution is 7.98. The van der Waals surface area contributed by atoms with Crippen LogP contribution in [0.1, 0.15) is 15.9 Å². The van der Waals surface area contributed by atoms with Gasteiger partial charge in [0.05, 0.1) is 17.2 Å². The third kappa shape index (κ3) is 4.87. The zero-order valence-electron chi connectivity index (χ0n) is 12.4. The van der Waals surface area contributed by atoms with Crippen LogP contribution in [0.15, 0.2) is 53.4 Å². The summed E-state index contributed by atoms with van der Waals surface area (Å²) in [7, 11) is 0. The lowest BCUT2D eigenvalue weighted by atomic mass is 10.1. The minimum atomic E-state index is -0.643. The Balaban J connectivity index is 1.90. The van der Waals surface area contributed by atoms with E-state index in [4.69, 9.17) is 10.00 Å². The standard InChI is InChI=1S/C17H14N2O3S/c1-23-15-7-3-6-14(9-15)19-16(20)11-22-17(21)13-5-2-4-12(8-13)10-18/h2-9H,11H2,1H3,(H,19,20). The summed E-state index contributed by atoms with van der Waals surface area (Å²) < 4.78 is 4.95. The second-order valence-corrected chi connectivity index (χ2v) is 5.43. The van der Waals surface area contributed by atoms with E-state index in [9.17, 15) is 9.59 Å². The molecule has 23 heavy (non-hydrogen) atoms. The number of esters is 1. The van der Waals surface area contributed by atoms with Crippen molar-refractivity contribution in [2.45, 2.75) is 4.90 Å². The molecule has 0 aliphatic carbocycles. The number of carbonyl (C=O) groups is 2. The fraction of sp³-hybridized carbons (Fsp3) is 0.118. The molecule has 116 valence electrons. The molecule has 0 aromatic heterocycles. The number of amides is 1. The first-order valence-corrected chi connectivity index (χ1v) is 7.96. The maximum absolute atomic E-state index is 11.9. The van der Waals surface area contributed by atoms with Gasteiger partial charge in [-0.05, 0) is 42.7 Å². The van der Waals surface area contributed by atoms with E-state index in [1.54, 1.807) is 30.0 Å². The largest absolute Gasteiger partial charge is 0.452 e. The third-order valence-electron chi connectivity index (χ3n) is 2.92. The molecular formula is C17H14N2O3S. The van der Waals surface area contributed by atoms with Gasteiger partial charge < -0.3 is 10.1 Å². The molecule has 0 heterocycles. The molecule has 2 aromatic carbocycles. The first-order valence-electron chi connectivity index (χ1n) is 6.73. The monoisotopic (exact) mass is 326 g/mol. The fourth-order valence-electron chi connectivity index (χ4n) is 1.83. The van der Waals surface area contributed by atoms with Crippen LogP contribution in [-0.4, -0.2) is 24.7 Å². The van der Waals surface area contributed by atoms with Gasteiger partial charge in [-0.15, -0.1) is 11.8 Å². The van der Waals surface area contributed by atoms with Gasteiger partial charge in [0.25, 0.3) is 5.91 Å². The molecule has 0 radical (unpaired) electrons. The predicted molar refractivity (Wildman–Crippen MR) is 88.3 cm³/mol. The number of ether oxygens (including phenoxy) is 1. The molecular weight excluding hydrogens is 312 g/mol. The molecule has 0 saturated heterocycles. The van der Waals surface area contributed by atoms with Gasteiger partial charge in [-0.25, -0.2) is 4.79 Å². The van der Waals surface area contributed by atoms with Crippen LogP contribution in [0, 0.1) is 11.3 Å². The molecule has 1 N–H and O–H groups in total. The number of hydrogen-bond donors (Lipinski definition) is 1. The first-order chi connectivity index (χ1) is 11.1. The first kappa shape index (κ1) is 16.6. The SMILES string of the molecule is CSc1cccc(NC(=O)COC(=O)c2cccc(C#N)c2)c1. The minimum absolute atomic E-state index is 0.237. The van der Waals surface area contributed by atoms with Crippen molar-refractivity contribution >= 4 is 29.3 Å². The van der Waals surface area contributed by atoms with Gasteiger partial charge in [0.1, 0.15) is 0 Å². The molecule has 5 nitrogen and oxygen atoms in total. The summed E-state index contributed by atoms with van der Waals surface area (Å²) in [5, 5.41) is 11.5. The quantitative estimate of drug-likeness (QED) is 0.675. The smallest absolute Gasteiger partial charge is 0.338 e. The van der Waals surface area contributed by atoms with Crippen LogP contribution >= 0.6 is 11.8 Å². The Hall–Kier alpha value is -2.78. The van der Waals surface area contributed by atoms with E-state index in [0.717, 1.165) is 4.90 Å². The molecule has 2 aromatic rings. The number of benzene rings is 2. The van der Waals surface area contributed by atoms with Gasteiger partial charge in [-0.1, -0.05) is 12.1 Å². The normalized spacial score (nSPS) is 9.74. The predicted octanol–water partition coefficient (Wildman–Crippen LogP) is 3.08. The molecule has 0 spiro atoms. The van der Waals surface area contributed by atoms with Crippen LogP contribution in [-0.2, 0) is 9.53 Å². The number of rotatable bonds is 5. The van der Waals surface area contributed by atoms with Gasteiger partial charge in [0.15, 0.2) is 6.61 Å². The molecule has 0 unspecified atom stereocenters. The molecule has 6 heteroatoms.